The zero-order valence-electron chi connectivity index (χ0n) is 64.5. The first-order valence-corrected chi connectivity index (χ1v) is 39.6. The fourth-order valence-electron chi connectivity index (χ4n) is 18.8. The fourth-order valence-corrected chi connectivity index (χ4v) is 18.8. The molecule has 114 heavy (non-hydrogen) atoms. The van der Waals surface area contributed by atoms with E-state index in [-0.39, 0.29) is 0 Å². The molecule has 6 heteroatoms. The highest BCUT2D eigenvalue weighted by atomic mass is 15.1. The summed E-state index contributed by atoms with van der Waals surface area (Å²) in [5.41, 5.74) is 34.6. The summed E-state index contributed by atoms with van der Waals surface area (Å²) in [6.45, 7) is 13.5. The number of rotatable bonds is 8. The van der Waals surface area contributed by atoms with Crippen LogP contribution in [0, 0.1) is 41.5 Å². The first-order valence-electron chi connectivity index (χ1n) is 39.6. The van der Waals surface area contributed by atoms with Crippen molar-refractivity contribution in [1.82, 2.24) is 27.4 Å². The Bertz CT molecular complexity index is 7020. The van der Waals surface area contributed by atoms with Gasteiger partial charge in [0.15, 0.2) is 0 Å². The molecular formula is C108H80N6. The van der Waals surface area contributed by atoms with Gasteiger partial charge in [-0.15, -0.1) is 0 Å². The normalized spacial score (nSPS) is 11.8. The van der Waals surface area contributed by atoms with Gasteiger partial charge in [0.05, 0.1) is 88.9 Å². The predicted octanol–water partition coefficient (Wildman–Crippen LogP) is 28.8. The van der Waals surface area contributed by atoms with Crippen LogP contribution in [0.1, 0.15) is 33.4 Å². The molecule has 0 aliphatic rings. The van der Waals surface area contributed by atoms with Crippen LogP contribution in [-0.2, 0) is 0 Å². The second-order valence-corrected chi connectivity index (χ2v) is 30.4. The van der Waals surface area contributed by atoms with Gasteiger partial charge in [-0.3, -0.25) is 0 Å². The molecule has 6 heterocycles. The van der Waals surface area contributed by atoms with Crippen molar-refractivity contribution >= 4 is 131 Å². The molecule has 0 spiro atoms. The van der Waals surface area contributed by atoms with Crippen LogP contribution in [0.4, 0.5) is 0 Å². The molecule has 0 saturated carbocycles. The number of hydrogen-bond donors (Lipinski definition) is 0. The minimum absolute atomic E-state index is 1.19. The third-order valence-corrected chi connectivity index (χ3v) is 24.3. The Balaban J connectivity index is 0.000000109. The summed E-state index contributed by atoms with van der Waals surface area (Å²) in [6.07, 6.45) is 0. The van der Waals surface area contributed by atoms with E-state index < -0.39 is 0 Å². The molecular weight excluding hydrogens is 1380 g/mol. The molecule has 0 fully saturated rings. The molecule has 0 saturated heterocycles. The first-order chi connectivity index (χ1) is 56.2. The van der Waals surface area contributed by atoms with Gasteiger partial charge in [0.25, 0.3) is 0 Å². The molecule has 17 aromatic carbocycles. The molecule has 23 aromatic rings. The van der Waals surface area contributed by atoms with Crippen LogP contribution in [0.15, 0.2) is 376 Å². The van der Waals surface area contributed by atoms with Crippen molar-refractivity contribution in [1.29, 1.82) is 0 Å². The third-order valence-electron chi connectivity index (χ3n) is 24.3. The van der Waals surface area contributed by atoms with E-state index in [1.54, 1.807) is 0 Å². The Kier molecular flexibility index (Phi) is 16.2. The van der Waals surface area contributed by atoms with Gasteiger partial charge in [-0.25, -0.2) is 0 Å². The van der Waals surface area contributed by atoms with Crippen molar-refractivity contribution in [2.45, 2.75) is 41.5 Å². The molecule has 0 amide bonds. The van der Waals surface area contributed by atoms with E-state index in [2.05, 4.69) is 445 Å². The van der Waals surface area contributed by atoms with Gasteiger partial charge < -0.3 is 27.4 Å². The second kappa shape index (κ2) is 27.2. The van der Waals surface area contributed by atoms with Crippen LogP contribution >= 0.6 is 0 Å². The standard InChI is InChI=1S/C44H32N2.2C32H24N2/c1-29-30(2)42(32-19-7-4-8-20-32)44(46-39-27-15-11-23-35(39)36-24-12-16-28-40(36)46)43(41(29)31-17-5-3-6-18-31)45-37-25-13-9-21-33(37)34-22-10-14-26-38(34)45;1-21-19-31(33-27-15-7-3-11-23(27)24-12-4-8-16-28(24)33)32(20-22(21)2)34-29-17-9-5-13-25(29)26-14-6-10-18-30(26)34;1-21-22(2)28(34-31-17-9-5-13-25(31)26-14-6-10-18-32(26)34)20-19-27(21)33-29-15-7-3-11-23(29)24-12-4-8-16-30(24)33/h3-28H,1-2H3;2*3-20H,1-2H3. The highest BCUT2D eigenvalue weighted by molar-refractivity contribution is 6.16. The molecule has 0 unspecified atom stereocenters. The lowest BCUT2D eigenvalue weighted by Gasteiger charge is -2.28. The van der Waals surface area contributed by atoms with Crippen LogP contribution in [0.2, 0.25) is 0 Å². The van der Waals surface area contributed by atoms with Gasteiger partial charge in [0.2, 0.25) is 0 Å². The molecule has 6 nitrogen and oxygen atoms in total. The van der Waals surface area contributed by atoms with Crippen molar-refractivity contribution in [2.75, 3.05) is 0 Å². The number of aromatic nitrogens is 6. The molecule has 0 aliphatic carbocycles. The van der Waals surface area contributed by atoms with Crippen LogP contribution in [0.5, 0.6) is 0 Å². The van der Waals surface area contributed by atoms with Gasteiger partial charge in [0.1, 0.15) is 0 Å². The van der Waals surface area contributed by atoms with Crippen molar-refractivity contribution in [2.24, 2.45) is 0 Å². The summed E-state index contributed by atoms with van der Waals surface area (Å²) >= 11 is 0. The lowest BCUT2D eigenvalue weighted by Crippen LogP contribution is -2.11. The summed E-state index contributed by atoms with van der Waals surface area (Å²) < 4.78 is 14.8. The van der Waals surface area contributed by atoms with Gasteiger partial charge in [-0.05, 0) is 183 Å². The average Bonchev–Trinajstić information content (AvgIpc) is 1.55. The van der Waals surface area contributed by atoms with Crippen LogP contribution in [0.3, 0.4) is 0 Å². The SMILES string of the molecule is Cc1c(-n2c3ccccc3c3ccccc32)ccc(-n2c3ccccc3c3ccccc32)c1C.Cc1c(C)c(-c2ccccc2)c(-n2c3ccccc3c3ccccc32)c(-n2c3ccccc3c3ccccc32)c1-c1ccccc1.Cc1cc(-n2c3ccccc3c3ccccc32)c(-n2c3ccccc3c3ccccc32)cc1C. The van der Waals surface area contributed by atoms with Crippen molar-refractivity contribution in [3.63, 3.8) is 0 Å². The van der Waals surface area contributed by atoms with E-state index in [9.17, 15) is 0 Å². The summed E-state index contributed by atoms with van der Waals surface area (Å²) in [5, 5.41) is 15.3. The van der Waals surface area contributed by atoms with Gasteiger partial charge in [0, 0.05) is 87.1 Å². The lowest BCUT2D eigenvalue weighted by atomic mass is 9.86. The Hall–Kier alpha value is -14.5. The van der Waals surface area contributed by atoms with Crippen LogP contribution in [0.25, 0.3) is 187 Å². The van der Waals surface area contributed by atoms with Crippen molar-refractivity contribution in [3.05, 3.63) is 409 Å². The topological polar surface area (TPSA) is 29.6 Å². The molecule has 0 bridgehead atoms. The van der Waals surface area contributed by atoms with Gasteiger partial charge >= 0.3 is 0 Å². The largest absolute Gasteiger partial charge is 0.309 e. The summed E-state index contributed by atoms with van der Waals surface area (Å²) in [6, 6.07) is 136. The quantitative estimate of drug-likeness (QED) is 0.145. The van der Waals surface area contributed by atoms with E-state index in [0.29, 0.717) is 0 Å². The summed E-state index contributed by atoms with van der Waals surface area (Å²) in [5.74, 6) is 0. The second-order valence-electron chi connectivity index (χ2n) is 30.4. The maximum Gasteiger partial charge on any atom is 0.0791 e. The van der Waals surface area contributed by atoms with Crippen molar-refractivity contribution < 1.29 is 0 Å². The zero-order chi connectivity index (χ0) is 76.4. The average molecular weight is 1460 g/mol. The van der Waals surface area contributed by atoms with Crippen molar-refractivity contribution in [3.8, 4) is 56.4 Å². The number of hydrogen-bond acceptors (Lipinski definition) is 0. The number of aryl methyl sites for hydroxylation is 2. The smallest absolute Gasteiger partial charge is 0.0791 e. The monoisotopic (exact) mass is 1460 g/mol. The molecule has 542 valence electrons. The van der Waals surface area contributed by atoms with Gasteiger partial charge in [-0.1, -0.05) is 279 Å². The fraction of sp³-hybridized carbons (Fsp3) is 0.0556. The molecule has 0 atom stereocenters. The molecule has 0 radical (unpaired) electrons. The third kappa shape index (κ3) is 10.5. The number of nitrogens with zero attached hydrogens (tertiary/aromatic N) is 6. The Labute approximate surface area is 661 Å². The molecule has 6 aromatic heterocycles. The predicted molar refractivity (Wildman–Crippen MR) is 485 cm³/mol. The molecule has 23 rings (SSSR count). The van der Waals surface area contributed by atoms with E-state index in [4.69, 9.17) is 0 Å². The summed E-state index contributed by atoms with van der Waals surface area (Å²) in [7, 11) is 0. The number of fused-ring (bicyclic) bond motifs is 18. The first kappa shape index (κ1) is 67.6. The highest BCUT2D eigenvalue weighted by Crippen LogP contribution is 2.50. The van der Waals surface area contributed by atoms with E-state index in [0.717, 1.165) is 0 Å². The Morgan fingerprint density at radius 2 is 0.316 bits per heavy atom. The highest BCUT2D eigenvalue weighted by Gasteiger charge is 2.30. The zero-order valence-corrected chi connectivity index (χ0v) is 64.5. The maximum absolute atomic E-state index is 2.53. The Morgan fingerprint density at radius 3 is 0.518 bits per heavy atom. The minimum Gasteiger partial charge on any atom is -0.309 e. The maximum atomic E-state index is 2.53. The van der Waals surface area contributed by atoms with Crippen LogP contribution in [-0.4, -0.2) is 27.4 Å². The molecule has 0 aliphatic heterocycles. The van der Waals surface area contributed by atoms with Gasteiger partial charge in [-0.2, -0.15) is 0 Å². The van der Waals surface area contributed by atoms with E-state index in [1.165, 1.54) is 221 Å². The van der Waals surface area contributed by atoms with E-state index >= 15 is 0 Å². The Morgan fingerprint density at radius 1 is 0.149 bits per heavy atom. The number of para-hydroxylation sites is 12. The lowest BCUT2D eigenvalue weighted by molar-refractivity contribution is 1.08. The summed E-state index contributed by atoms with van der Waals surface area (Å²) in [4.78, 5) is 0. The van der Waals surface area contributed by atoms with Crippen LogP contribution < -0.4 is 0 Å². The molecule has 0 N–H and O–H groups in total. The minimum atomic E-state index is 1.19. The number of benzene rings is 17. The van der Waals surface area contributed by atoms with E-state index in [1.807, 2.05) is 0 Å².